The second-order valence-electron chi connectivity index (χ2n) is 3.82. The van der Waals surface area contributed by atoms with Crippen molar-refractivity contribution in [2.45, 2.75) is 12.5 Å². The van der Waals surface area contributed by atoms with Gasteiger partial charge in [0.2, 0.25) is 0 Å². The van der Waals surface area contributed by atoms with E-state index in [0.29, 0.717) is 10.8 Å². The monoisotopic (exact) mass is 257 g/mol. The molecule has 0 aliphatic carbocycles. The summed E-state index contributed by atoms with van der Waals surface area (Å²) < 4.78 is 10.2. The molecule has 0 aliphatic heterocycles. The van der Waals surface area contributed by atoms with Crippen molar-refractivity contribution in [2.24, 2.45) is 0 Å². The van der Waals surface area contributed by atoms with Crippen molar-refractivity contribution < 1.29 is 14.3 Å². The van der Waals surface area contributed by atoms with Gasteiger partial charge in [0.25, 0.3) is 0 Å². The molecule has 1 atom stereocenters. The maximum absolute atomic E-state index is 11.6. The fourth-order valence-electron chi connectivity index (χ4n) is 1.24. The summed E-state index contributed by atoms with van der Waals surface area (Å²) >= 11 is 5.83. The van der Waals surface area contributed by atoms with Gasteiger partial charge in [0.1, 0.15) is 17.9 Å². The van der Waals surface area contributed by atoms with Crippen LogP contribution in [0.2, 0.25) is 5.02 Å². The Morgan fingerprint density at radius 2 is 2.24 bits per heavy atom. The van der Waals surface area contributed by atoms with Crippen LogP contribution in [0, 0.1) is 0 Å². The Kier molecular flexibility index (Phi) is 4.78. The molecule has 5 heteroatoms. The SMILES string of the molecule is CNC(C)(COc1cccc(Cl)c1)C(=O)OC. The predicted octanol–water partition coefficient (Wildman–Crippen LogP) is 1.87. The predicted molar refractivity (Wildman–Crippen MR) is 66.4 cm³/mol. The van der Waals surface area contributed by atoms with Crippen molar-refractivity contribution in [3.05, 3.63) is 29.3 Å². The van der Waals surface area contributed by atoms with Crippen molar-refractivity contribution >= 4 is 17.6 Å². The second kappa shape index (κ2) is 5.89. The molecule has 0 aliphatic rings. The molecule has 1 unspecified atom stereocenters. The van der Waals surface area contributed by atoms with Crippen LogP contribution >= 0.6 is 11.6 Å². The topological polar surface area (TPSA) is 47.6 Å². The smallest absolute Gasteiger partial charge is 0.329 e. The van der Waals surface area contributed by atoms with Crippen LogP contribution in [0.3, 0.4) is 0 Å². The normalized spacial score (nSPS) is 13.9. The van der Waals surface area contributed by atoms with E-state index in [0.717, 1.165) is 0 Å². The average molecular weight is 258 g/mol. The highest BCUT2D eigenvalue weighted by Gasteiger charge is 2.33. The van der Waals surface area contributed by atoms with Gasteiger partial charge in [0.15, 0.2) is 0 Å². The molecule has 0 amide bonds. The van der Waals surface area contributed by atoms with Gasteiger partial charge in [-0.2, -0.15) is 0 Å². The van der Waals surface area contributed by atoms with Crippen LogP contribution in [0.25, 0.3) is 0 Å². The summed E-state index contributed by atoms with van der Waals surface area (Å²) in [6, 6.07) is 7.01. The van der Waals surface area contributed by atoms with Crippen LogP contribution in [0.5, 0.6) is 5.75 Å². The Hall–Kier alpha value is -1.26. The van der Waals surface area contributed by atoms with Gasteiger partial charge in [-0.15, -0.1) is 0 Å². The van der Waals surface area contributed by atoms with Gasteiger partial charge < -0.3 is 14.8 Å². The Morgan fingerprint density at radius 3 is 2.76 bits per heavy atom. The minimum atomic E-state index is -0.878. The van der Waals surface area contributed by atoms with Gasteiger partial charge in [-0.25, -0.2) is 4.79 Å². The quantitative estimate of drug-likeness (QED) is 0.818. The molecule has 0 saturated heterocycles. The third-order valence-corrected chi connectivity index (χ3v) is 2.75. The van der Waals surface area contributed by atoms with Gasteiger partial charge in [0, 0.05) is 5.02 Å². The molecular formula is C12H16ClNO3. The van der Waals surface area contributed by atoms with E-state index in [9.17, 15) is 4.79 Å². The number of esters is 1. The molecule has 0 aromatic heterocycles. The Labute approximate surface area is 106 Å². The van der Waals surface area contributed by atoms with Crippen LogP contribution in [0.15, 0.2) is 24.3 Å². The number of carbonyl (C=O) groups is 1. The highest BCUT2D eigenvalue weighted by atomic mass is 35.5. The minimum absolute atomic E-state index is 0.163. The number of rotatable bonds is 5. The number of methoxy groups -OCH3 is 1. The molecular weight excluding hydrogens is 242 g/mol. The van der Waals surface area contributed by atoms with Gasteiger partial charge in [0.05, 0.1) is 7.11 Å². The second-order valence-corrected chi connectivity index (χ2v) is 4.26. The molecule has 0 radical (unpaired) electrons. The van der Waals surface area contributed by atoms with Crippen molar-refractivity contribution in [3.63, 3.8) is 0 Å². The summed E-state index contributed by atoms with van der Waals surface area (Å²) in [5.74, 6) is 0.241. The lowest BCUT2D eigenvalue weighted by Gasteiger charge is -2.25. The summed E-state index contributed by atoms with van der Waals surface area (Å²) in [5, 5.41) is 3.47. The maximum Gasteiger partial charge on any atom is 0.329 e. The number of benzene rings is 1. The molecule has 0 heterocycles. The number of hydrogen-bond donors (Lipinski definition) is 1. The zero-order valence-electron chi connectivity index (χ0n) is 10.1. The Bertz CT molecular complexity index is 397. The van der Waals surface area contributed by atoms with E-state index >= 15 is 0 Å². The molecule has 0 fully saturated rings. The maximum atomic E-state index is 11.6. The first-order valence-corrected chi connectivity index (χ1v) is 5.55. The summed E-state index contributed by atoms with van der Waals surface area (Å²) in [6.45, 7) is 1.87. The molecule has 4 nitrogen and oxygen atoms in total. The minimum Gasteiger partial charge on any atom is -0.491 e. The van der Waals surface area contributed by atoms with Crippen LogP contribution in [0.4, 0.5) is 0 Å². The molecule has 94 valence electrons. The van der Waals surface area contributed by atoms with Crippen molar-refractivity contribution in [2.75, 3.05) is 20.8 Å². The lowest BCUT2D eigenvalue weighted by Crippen LogP contribution is -2.52. The zero-order chi connectivity index (χ0) is 12.9. The number of halogens is 1. The average Bonchev–Trinajstić information content (AvgIpc) is 2.35. The highest BCUT2D eigenvalue weighted by Crippen LogP contribution is 2.18. The van der Waals surface area contributed by atoms with Crippen molar-refractivity contribution in [3.8, 4) is 5.75 Å². The number of nitrogens with one attached hydrogen (secondary N) is 1. The summed E-state index contributed by atoms with van der Waals surface area (Å²) in [6.07, 6.45) is 0. The van der Waals surface area contributed by atoms with Crippen molar-refractivity contribution in [1.29, 1.82) is 0 Å². The third-order valence-electron chi connectivity index (χ3n) is 2.51. The molecule has 0 saturated carbocycles. The molecule has 1 aromatic rings. The fourth-order valence-corrected chi connectivity index (χ4v) is 1.42. The van der Waals surface area contributed by atoms with Crippen LogP contribution < -0.4 is 10.1 Å². The lowest BCUT2D eigenvalue weighted by molar-refractivity contribution is -0.148. The van der Waals surface area contributed by atoms with Crippen LogP contribution in [-0.2, 0) is 9.53 Å². The van der Waals surface area contributed by atoms with Gasteiger partial charge in [-0.3, -0.25) is 0 Å². The number of hydrogen-bond acceptors (Lipinski definition) is 4. The summed E-state index contributed by atoms with van der Waals surface area (Å²) in [7, 11) is 3.02. The molecule has 0 spiro atoms. The number of carbonyl (C=O) groups excluding carboxylic acids is 1. The first-order valence-electron chi connectivity index (χ1n) is 5.17. The van der Waals surface area contributed by atoms with Gasteiger partial charge >= 0.3 is 5.97 Å². The Morgan fingerprint density at radius 1 is 1.53 bits per heavy atom. The largest absolute Gasteiger partial charge is 0.491 e. The third kappa shape index (κ3) is 3.61. The van der Waals surface area contributed by atoms with E-state index in [1.54, 1.807) is 38.2 Å². The van der Waals surface area contributed by atoms with Gasteiger partial charge in [-0.1, -0.05) is 17.7 Å². The fraction of sp³-hybridized carbons (Fsp3) is 0.417. The molecule has 1 rings (SSSR count). The van der Waals surface area contributed by atoms with E-state index in [1.165, 1.54) is 7.11 Å². The zero-order valence-corrected chi connectivity index (χ0v) is 10.9. The first kappa shape index (κ1) is 13.8. The lowest BCUT2D eigenvalue weighted by atomic mass is 10.1. The standard InChI is InChI=1S/C12H16ClNO3/c1-12(14-2,11(15)16-3)8-17-10-6-4-5-9(13)7-10/h4-7,14H,8H2,1-3H3. The number of likely N-dealkylation sites (N-methyl/N-ethyl adjacent to an activating group) is 1. The molecule has 0 bridgehead atoms. The molecule has 1 N–H and O–H groups in total. The molecule has 17 heavy (non-hydrogen) atoms. The van der Waals surface area contributed by atoms with Gasteiger partial charge in [-0.05, 0) is 32.2 Å². The van der Waals surface area contributed by atoms with E-state index in [1.807, 2.05) is 0 Å². The molecule has 1 aromatic carbocycles. The first-order chi connectivity index (χ1) is 8.01. The van der Waals surface area contributed by atoms with Crippen LogP contribution in [-0.4, -0.2) is 32.3 Å². The van der Waals surface area contributed by atoms with E-state index < -0.39 is 5.54 Å². The van der Waals surface area contributed by atoms with E-state index in [4.69, 9.17) is 21.1 Å². The number of ether oxygens (including phenoxy) is 2. The van der Waals surface area contributed by atoms with E-state index in [2.05, 4.69) is 5.32 Å². The summed E-state index contributed by atoms with van der Waals surface area (Å²) in [4.78, 5) is 11.6. The highest BCUT2D eigenvalue weighted by molar-refractivity contribution is 6.30. The Balaban J connectivity index is 2.68. The van der Waals surface area contributed by atoms with Crippen LogP contribution in [0.1, 0.15) is 6.92 Å². The van der Waals surface area contributed by atoms with E-state index in [-0.39, 0.29) is 12.6 Å². The van der Waals surface area contributed by atoms with Crippen molar-refractivity contribution in [1.82, 2.24) is 5.32 Å². The summed E-state index contributed by atoms with van der Waals surface area (Å²) in [5.41, 5.74) is -0.878.